The van der Waals surface area contributed by atoms with Gasteiger partial charge in [0.05, 0.1) is 22.6 Å². The summed E-state index contributed by atoms with van der Waals surface area (Å²) in [6.45, 7) is 0.391. The molecule has 1 heterocycles. The summed E-state index contributed by atoms with van der Waals surface area (Å²) in [5, 5.41) is 20.3. The largest absolute Gasteiger partial charge is 0.486 e. The fourth-order valence-electron chi connectivity index (χ4n) is 2.37. The molecule has 0 aromatic heterocycles. The zero-order valence-electron chi connectivity index (χ0n) is 12.9. The Labute approximate surface area is 142 Å². The smallest absolute Gasteiger partial charge is 0.345 e. The van der Waals surface area contributed by atoms with Gasteiger partial charge in [0.15, 0.2) is 11.5 Å². The molecule has 2 aromatic carbocycles. The van der Waals surface area contributed by atoms with Gasteiger partial charge in [-0.25, -0.2) is 4.79 Å². The van der Waals surface area contributed by atoms with Crippen molar-refractivity contribution in [2.45, 2.75) is 6.61 Å². The molecule has 25 heavy (non-hydrogen) atoms. The zero-order chi connectivity index (χ0) is 17.8. The number of esters is 1. The molecule has 0 fully saturated rings. The molecule has 0 amide bonds. The first-order valence-electron chi connectivity index (χ1n) is 7.33. The molecule has 1 aliphatic heterocycles. The Kier molecular flexibility index (Phi) is 4.48. The van der Waals surface area contributed by atoms with Gasteiger partial charge in [0.1, 0.15) is 25.4 Å². The van der Waals surface area contributed by atoms with E-state index in [0.717, 1.165) is 6.07 Å². The maximum Gasteiger partial charge on any atom is 0.345 e. The Morgan fingerprint density at radius 3 is 2.60 bits per heavy atom. The lowest BCUT2D eigenvalue weighted by molar-refractivity contribution is -0.385. The summed E-state index contributed by atoms with van der Waals surface area (Å²) in [7, 11) is 0. The average molecular weight is 340 g/mol. The third-order valence-electron chi connectivity index (χ3n) is 3.57. The molecule has 3 rings (SSSR count). The van der Waals surface area contributed by atoms with E-state index in [1.807, 2.05) is 6.07 Å². The summed E-state index contributed by atoms with van der Waals surface area (Å²) in [4.78, 5) is 22.9. The van der Waals surface area contributed by atoms with Crippen molar-refractivity contribution in [1.82, 2.24) is 0 Å². The van der Waals surface area contributed by atoms with Gasteiger partial charge < -0.3 is 14.2 Å². The molecule has 0 saturated heterocycles. The molecule has 0 radical (unpaired) electrons. The van der Waals surface area contributed by atoms with Crippen LogP contribution in [0.25, 0.3) is 0 Å². The first-order valence-corrected chi connectivity index (χ1v) is 7.33. The van der Waals surface area contributed by atoms with Crippen molar-refractivity contribution >= 4 is 11.7 Å². The monoisotopic (exact) mass is 340 g/mol. The number of nitriles is 1. The van der Waals surface area contributed by atoms with Crippen molar-refractivity contribution in [3.8, 4) is 17.6 Å². The molecule has 0 saturated carbocycles. The van der Waals surface area contributed by atoms with Crippen molar-refractivity contribution in [3.05, 3.63) is 63.2 Å². The fourth-order valence-corrected chi connectivity index (χ4v) is 2.37. The zero-order valence-corrected chi connectivity index (χ0v) is 12.9. The number of benzene rings is 2. The van der Waals surface area contributed by atoms with Crippen molar-refractivity contribution < 1.29 is 23.9 Å². The molecule has 8 nitrogen and oxygen atoms in total. The number of ether oxygens (including phenoxy) is 3. The molecule has 0 N–H and O–H groups in total. The van der Waals surface area contributed by atoms with Crippen LogP contribution >= 0.6 is 0 Å². The summed E-state index contributed by atoms with van der Waals surface area (Å²) >= 11 is 0. The number of carbonyl (C=O) groups is 1. The number of nitro groups is 1. The van der Waals surface area contributed by atoms with Crippen molar-refractivity contribution in [2.75, 3.05) is 13.2 Å². The predicted molar refractivity (Wildman–Crippen MR) is 84.4 cm³/mol. The normalized spacial score (nSPS) is 12.1. The molecule has 0 unspecified atom stereocenters. The average Bonchev–Trinajstić information content (AvgIpc) is 2.65. The summed E-state index contributed by atoms with van der Waals surface area (Å²) < 4.78 is 15.8. The molecule has 2 aromatic rings. The second-order valence-electron chi connectivity index (χ2n) is 5.12. The van der Waals surface area contributed by atoms with Crippen LogP contribution in [0.2, 0.25) is 0 Å². The second-order valence-corrected chi connectivity index (χ2v) is 5.12. The van der Waals surface area contributed by atoms with Crippen LogP contribution in [0, 0.1) is 21.4 Å². The van der Waals surface area contributed by atoms with E-state index >= 15 is 0 Å². The molecule has 0 bridgehead atoms. The highest BCUT2D eigenvalue weighted by atomic mass is 16.6. The predicted octanol–water partition coefficient (Wildman–Crippen LogP) is 2.59. The first-order chi connectivity index (χ1) is 12.1. The van der Waals surface area contributed by atoms with Crippen LogP contribution in [-0.4, -0.2) is 24.1 Å². The lowest BCUT2D eigenvalue weighted by Crippen LogP contribution is -2.17. The van der Waals surface area contributed by atoms with Gasteiger partial charge in [-0.2, -0.15) is 5.26 Å². The summed E-state index contributed by atoms with van der Waals surface area (Å²) in [5.41, 5.74) is 0.219. The maximum atomic E-state index is 12.3. The minimum absolute atomic E-state index is 0.172. The first kappa shape index (κ1) is 16.3. The van der Waals surface area contributed by atoms with E-state index in [9.17, 15) is 14.9 Å². The topological polar surface area (TPSA) is 112 Å². The minimum atomic E-state index is -0.878. The lowest BCUT2D eigenvalue weighted by atomic mass is 10.1. The third kappa shape index (κ3) is 3.35. The van der Waals surface area contributed by atoms with Crippen molar-refractivity contribution in [1.29, 1.82) is 5.26 Å². The highest BCUT2D eigenvalue weighted by Crippen LogP contribution is 2.37. The lowest BCUT2D eigenvalue weighted by Gasteiger charge is -2.18. The van der Waals surface area contributed by atoms with Crippen LogP contribution in [0.1, 0.15) is 21.5 Å². The van der Waals surface area contributed by atoms with E-state index in [2.05, 4.69) is 0 Å². The Bertz CT molecular complexity index is 887. The van der Waals surface area contributed by atoms with Gasteiger partial charge in [-0.3, -0.25) is 10.1 Å². The molecule has 0 atom stereocenters. The van der Waals surface area contributed by atoms with Crippen LogP contribution in [0.5, 0.6) is 11.5 Å². The molecular weight excluding hydrogens is 328 g/mol. The minimum Gasteiger partial charge on any atom is -0.486 e. The molecule has 0 aliphatic carbocycles. The van der Waals surface area contributed by atoms with Gasteiger partial charge in [0, 0.05) is 11.6 Å². The maximum absolute atomic E-state index is 12.3. The summed E-state index contributed by atoms with van der Waals surface area (Å²) in [6, 6.07) is 11.0. The number of hydrogen-bond acceptors (Lipinski definition) is 7. The number of fused-ring (bicyclic) bond motifs is 1. The van der Waals surface area contributed by atoms with Gasteiger partial charge in [-0.15, -0.1) is 0 Å². The Morgan fingerprint density at radius 2 is 1.92 bits per heavy atom. The van der Waals surface area contributed by atoms with E-state index in [-0.39, 0.29) is 36.9 Å². The van der Waals surface area contributed by atoms with Crippen LogP contribution in [0.4, 0.5) is 5.69 Å². The summed E-state index contributed by atoms with van der Waals surface area (Å²) in [6.07, 6.45) is 0. The van der Waals surface area contributed by atoms with Crippen molar-refractivity contribution in [2.24, 2.45) is 0 Å². The summed E-state index contributed by atoms with van der Waals surface area (Å²) in [5.74, 6) is -0.415. The number of hydrogen-bond donors (Lipinski definition) is 0. The Morgan fingerprint density at radius 1 is 1.24 bits per heavy atom. The number of nitrogens with zero attached hydrogens (tertiary/aromatic N) is 2. The standard InChI is InChI=1S/C17H12N2O6/c18-9-11-3-1-2-4-12(11)10-25-17(20)13-7-15-16(24-6-5-23-15)8-14(13)19(21)22/h1-4,7-8H,5-6,10H2. The van der Waals surface area contributed by atoms with Crippen LogP contribution in [0.15, 0.2) is 36.4 Å². The van der Waals surface area contributed by atoms with Crippen molar-refractivity contribution in [3.63, 3.8) is 0 Å². The Hall–Kier alpha value is -3.60. The third-order valence-corrected chi connectivity index (χ3v) is 3.57. The quantitative estimate of drug-likeness (QED) is 0.477. The van der Waals surface area contributed by atoms with Gasteiger partial charge >= 0.3 is 5.97 Å². The molecule has 0 spiro atoms. The van der Waals surface area contributed by atoms with Gasteiger partial charge in [-0.05, 0) is 6.07 Å². The van der Waals surface area contributed by atoms with E-state index in [1.165, 1.54) is 6.07 Å². The number of carbonyl (C=O) groups excluding carboxylic acids is 1. The molecule has 1 aliphatic rings. The van der Waals surface area contributed by atoms with Crippen LogP contribution < -0.4 is 9.47 Å². The fraction of sp³-hybridized carbons (Fsp3) is 0.176. The van der Waals surface area contributed by atoms with Gasteiger partial charge in [-0.1, -0.05) is 18.2 Å². The number of rotatable bonds is 4. The highest BCUT2D eigenvalue weighted by Gasteiger charge is 2.27. The molecular formula is C17H12N2O6. The number of nitro benzene ring substituents is 1. The van der Waals surface area contributed by atoms with E-state index in [4.69, 9.17) is 19.5 Å². The van der Waals surface area contributed by atoms with Crippen LogP contribution in [0.3, 0.4) is 0 Å². The Balaban J connectivity index is 1.86. The van der Waals surface area contributed by atoms with E-state index < -0.39 is 16.6 Å². The molecule has 126 valence electrons. The van der Waals surface area contributed by atoms with Gasteiger partial charge in [0.2, 0.25) is 0 Å². The highest BCUT2D eigenvalue weighted by molar-refractivity contribution is 5.95. The SMILES string of the molecule is N#Cc1ccccc1COC(=O)c1cc2c(cc1[N+](=O)[O-])OCCO2. The molecule has 8 heteroatoms. The van der Waals surface area contributed by atoms with Gasteiger partial charge in [0.25, 0.3) is 5.69 Å². The van der Waals surface area contributed by atoms with Crippen LogP contribution in [-0.2, 0) is 11.3 Å². The second kappa shape index (κ2) is 6.88. The van der Waals surface area contributed by atoms with E-state index in [1.54, 1.807) is 24.3 Å². The van der Waals surface area contributed by atoms with E-state index in [0.29, 0.717) is 11.1 Å².